The van der Waals surface area contributed by atoms with E-state index in [1.54, 1.807) is 0 Å². The van der Waals surface area contributed by atoms with Gasteiger partial charge in [-0.25, -0.2) is 13.1 Å². The van der Waals surface area contributed by atoms with Gasteiger partial charge in [-0.15, -0.1) is 0 Å². The maximum absolute atomic E-state index is 12.7. The lowest BCUT2D eigenvalue weighted by Gasteiger charge is -2.23. The molecule has 2 aromatic heterocycles. The largest absolute Gasteiger partial charge is 0.391 e. The molecule has 202 valence electrons. The van der Waals surface area contributed by atoms with Crippen molar-refractivity contribution in [3.63, 3.8) is 0 Å². The van der Waals surface area contributed by atoms with Crippen LogP contribution in [-0.2, 0) is 19.1 Å². The molecule has 0 aromatic carbocycles. The second kappa shape index (κ2) is 10.0. The molecule has 1 saturated carbocycles. The Labute approximate surface area is 211 Å². The Morgan fingerprint density at radius 3 is 2.56 bits per heavy atom. The smallest absolute Gasteiger partial charge is 0.346 e. The predicted octanol–water partition coefficient (Wildman–Crippen LogP) is -0.00120. The molecule has 2 aromatic rings. The number of hydrogen-bond donors (Lipinski definition) is 6. The summed E-state index contributed by atoms with van der Waals surface area (Å²) in [5, 5.41) is 38.8. The van der Waals surface area contributed by atoms with Crippen LogP contribution in [0.3, 0.4) is 0 Å². The summed E-state index contributed by atoms with van der Waals surface area (Å²) in [6.45, 7) is 3.06. The fourth-order valence-electron chi connectivity index (χ4n) is 4.92. The van der Waals surface area contributed by atoms with Gasteiger partial charge in [0.05, 0.1) is 23.4 Å². The van der Waals surface area contributed by atoms with E-state index in [1.165, 1.54) is 6.20 Å². The Kier molecular flexibility index (Phi) is 7.70. The summed E-state index contributed by atoms with van der Waals surface area (Å²) in [5.41, 5.74) is 0.167. The van der Waals surface area contributed by atoms with Gasteiger partial charge in [-0.3, -0.25) is 4.57 Å². The highest BCUT2D eigenvalue weighted by molar-refractivity contribution is 7.98. The Balaban J connectivity index is 1.62. The number of aliphatic hydroxyl groups excluding tert-OH is 3. The zero-order valence-corrected chi connectivity index (χ0v) is 21.9. The minimum atomic E-state index is -5.26. The van der Waals surface area contributed by atoms with Crippen molar-refractivity contribution in [3.8, 4) is 0 Å². The summed E-state index contributed by atoms with van der Waals surface area (Å²) in [6, 6.07) is 0.170. The number of rotatable bonds is 8. The highest BCUT2D eigenvalue weighted by Crippen LogP contribution is 2.47. The number of hydrogen-bond acceptors (Lipinski definition) is 11. The van der Waals surface area contributed by atoms with Crippen LogP contribution in [0.4, 0.5) is 5.82 Å². The van der Waals surface area contributed by atoms with Gasteiger partial charge in [0, 0.05) is 6.04 Å². The number of sulfone groups is 1. The van der Waals surface area contributed by atoms with Gasteiger partial charge in [-0.05, 0) is 37.3 Å². The lowest BCUT2D eigenvalue weighted by Crippen LogP contribution is -2.41. The van der Waals surface area contributed by atoms with E-state index in [9.17, 15) is 38.1 Å². The number of ether oxygens (including phenoxy) is 1. The normalized spacial score (nSPS) is 31.1. The Morgan fingerprint density at radius 2 is 1.97 bits per heavy atom. The van der Waals surface area contributed by atoms with Crippen LogP contribution < -0.4 is 5.32 Å². The molecule has 4 rings (SSSR count). The summed E-state index contributed by atoms with van der Waals surface area (Å²) in [5.74, 6) is -0.215. The number of halogens is 1. The predicted molar refractivity (Wildman–Crippen MR) is 128 cm³/mol. The van der Waals surface area contributed by atoms with E-state index in [2.05, 4.69) is 27.3 Å². The molecular weight excluding hydrogens is 541 g/mol. The van der Waals surface area contributed by atoms with Crippen molar-refractivity contribution in [2.75, 3.05) is 11.1 Å². The van der Waals surface area contributed by atoms with Crippen LogP contribution in [0.1, 0.15) is 39.3 Å². The van der Waals surface area contributed by atoms with Crippen LogP contribution in [0, 0.1) is 5.92 Å². The highest BCUT2D eigenvalue weighted by Gasteiger charge is 2.51. The zero-order chi connectivity index (χ0) is 26.6. The van der Waals surface area contributed by atoms with Crippen LogP contribution in [-0.4, -0.2) is 94.5 Å². The second-order valence-corrected chi connectivity index (χ2v) is 14.0. The van der Waals surface area contributed by atoms with Crippen molar-refractivity contribution >= 4 is 45.9 Å². The molecular formula is C19H29ClN5O9PS. The zero-order valence-electron chi connectivity index (χ0n) is 19.4. The Hall–Kier alpha value is -1.42. The number of nitrogens with one attached hydrogen (secondary N) is 1. The van der Waals surface area contributed by atoms with Gasteiger partial charge in [0.15, 0.2) is 26.7 Å². The van der Waals surface area contributed by atoms with Crippen molar-refractivity contribution in [3.05, 3.63) is 11.5 Å². The van der Waals surface area contributed by atoms with Crippen LogP contribution in [0.5, 0.6) is 0 Å². The number of nitrogens with zero attached hydrogens (tertiary/aromatic N) is 4. The topological polar surface area (TPSA) is 217 Å². The minimum Gasteiger partial charge on any atom is -0.391 e. The van der Waals surface area contributed by atoms with E-state index in [1.807, 2.05) is 0 Å². The van der Waals surface area contributed by atoms with Gasteiger partial charge in [0.25, 0.3) is 0 Å². The summed E-state index contributed by atoms with van der Waals surface area (Å²) in [7, 11) is -9.95. The molecule has 0 radical (unpaired) electrons. The lowest BCUT2D eigenvalue weighted by atomic mass is 10.1. The maximum atomic E-state index is 12.7. The van der Waals surface area contributed by atoms with Gasteiger partial charge in [0.2, 0.25) is 5.28 Å². The summed E-state index contributed by atoms with van der Waals surface area (Å²) >= 11 is 6.14. The molecule has 14 nitrogen and oxygen atoms in total. The third-order valence-electron chi connectivity index (χ3n) is 6.70. The van der Waals surface area contributed by atoms with E-state index in [-0.39, 0.29) is 17.0 Å². The molecule has 6 N–H and O–H groups in total. The van der Waals surface area contributed by atoms with Gasteiger partial charge >= 0.3 is 7.60 Å². The van der Waals surface area contributed by atoms with E-state index < -0.39 is 58.8 Å². The molecule has 2 fully saturated rings. The third-order valence-corrected chi connectivity index (χ3v) is 11.7. The van der Waals surface area contributed by atoms with Crippen molar-refractivity contribution in [2.24, 2.45) is 5.92 Å². The van der Waals surface area contributed by atoms with E-state index >= 15 is 0 Å². The first-order chi connectivity index (χ1) is 16.7. The average molecular weight is 570 g/mol. The second-order valence-electron chi connectivity index (χ2n) is 9.42. The van der Waals surface area contributed by atoms with Crippen molar-refractivity contribution in [1.29, 1.82) is 0 Å². The fraction of sp³-hybridized carbons (Fsp3) is 0.737. The van der Waals surface area contributed by atoms with Crippen LogP contribution in [0.15, 0.2) is 6.20 Å². The lowest BCUT2D eigenvalue weighted by molar-refractivity contribution is -0.0365. The third kappa shape index (κ3) is 5.26. The number of aromatic nitrogens is 4. The van der Waals surface area contributed by atoms with Crippen molar-refractivity contribution in [1.82, 2.24) is 19.7 Å². The molecule has 17 heteroatoms. The van der Waals surface area contributed by atoms with Crippen LogP contribution >= 0.6 is 19.2 Å². The van der Waals surface area contributed by atoms with E-state index in [4.69, 9.17) is 16.3 Å². The van der Waals surface area contributed by atoms with Gasteiger partial charge < -0.3 is 35.2 Å². The first-order valence-electron chi connectivity index (χ1n) is 11.3. The Bertz CT molecular complexity index is 1270. The summed E-state index contributed by atoms with van der Waals surface area (Å²) in [6.07, 6.45) is -3.73. The first kappa shape index (κ1) is 27.6. The molecule has 2 aliphatic rings. The van der Waals surface area contributed by atoms with Crippen molar-refractivity contribution < 1.29 is 42.8 Å². The number of anilines is 1. The van der Waals surface area contributed by atoms with E-state index in [0.717, 1.165) is 30.9 Å². The van der Waals surface area contributed by atoms with Crippen LogP contribution in [0.2, 0.25) is 5.28 Å². The number of fused-ring (bicyclic) bond motifs is 1. The summed E-state index contributed by atoms with van der Waals surface area (Å²) < 4.78 is 43.9. The summed E-state index contributed by atoms with van der Waals surface area (Å²) in [4.78, 5) is 24.9. The minimum absolute atomic E-state index is 0.106. The van der Waals surface area contributed by atoms with Crippen LogP contribution in [0.25, 0.3) is 11.0 Å². The quantitative estimate of drug-likeness (QED) is 0.182. The molecule has 1 aliphatic heterocycles. The van der Waals surface area contributed by atoms with Gasteiger partial charge in [0.1, 0.15) is 24.1 Å². The molecule has 4 unspecified atom stereocenters. The first-order valence-corrected chi connectivity index (χ1v) is 15.1. The van der Waals surface area contributed by atoms with Crippen molar-refractivity contribution in [2.45, 2.75) is 74.8 Å². The van der Waals surface area contributed by atoms with Gasteiger partial charge in [-0.2, -0.15) is 15.1 Å². The molecule has 0 bridgehead atoms. The van der Waals surface area contributed by atoms with Gasteiger partial charge in [-0.1, -0.05) is 13.3 Å². The highest BCUT2D eigenvalue weighted by atomic mass is 35.5. The number of aliphatic hydroxyl groups is 3. The molecule has 1 aliphatic carbocycles. The standard InChI is InChI=1S/C19H29ClN5O9PS/c1-8-4-3-5-11(8)22-15-10-6-21-25(16(10)24-19(20)23-15)17-14(28)13(27)12(34-17)7-36(32,33)18(9(2)26)35(29,30)31/h6,8-9,11-14,17-18,26-28H,3-5,7H2,1-2H3,(H,22,23,24)(H2,29,30,31)/t8?,9?,11?,12-,13-,14-,17-,18?/m1/s1. The molecule has 8 atom stereocenters. The molecule has 0 amide bonds. The molecule has 1 saturated heterocycles. The molecule has 36 heavy (non-hydrogen) atoms. The maximum Gasteiger partial charge on any atom is 0.346 e. The van der Waals surface area contributed by atoms with E-state index in [0.29, 0.717) is 17.1 Å². The fourth-order valence-corrected chi connectivity index (χ4v) is 9.11. The SMILES string of the molecule is CC(O)C(P(=O)(O)O)S(=O)(=O)C[C@H]1O[C@@H](n2ncc3c(NC4CCCC4C)nc(Cl)nc32)[C@H](O)[C@@H]1O. The molecule has 3 heterocycles. The molecule has 0 spiro atoms. The Morgan fingerprint density at radius 1 is 1.28 bits per heavy atom. The monoisotopic (exact) mass is 569 g/mol. The average Bonchev–Trinajstić information content (AvgIpc) is 3.40.